The van der Waals surface area contributed by atoms with Crippen molar-refractivity contribution >= 4 is 27.5 Å². The molecule has 0 fully saturated rings. The normalized spacial score (nSPS) is 10.5. The van der Waals surface area contributed by atoms with Crippen LogP contribution in [0.1, 0.15) is 11.1 Å². The summed E-state index contributed by atoms with van der Waals surface area (Å²) in [6.07, 6.45) is 3.19. The molecule has 0 bridgehead atoms. The van der Waals surface area contributed by atoms with Crippen LogP contribution in [0.5, 0.6) is 11.5 Å². The fourth-order valence-corrected chi connectivity index (χ4v) is 2.95. The highest BCUT2D eigenvalue weighted by Crippen LogP contribution is 2.37. The third kappa shape index (κ3) is 4.64. The van der Waals surface area contributed by atoms with E-state index in [0.717, 1.165) is 15.6 Å². The lowest BCUT2D eigenvalue weighted by Gasteiger charge is -2.15. The Labute approximate surface area is 158 Å². The zero-order valence-corrected chi connectivity index (χ0v) is 15.8. The topological polar surface area (TPSA) is 61.2 Å². The van der Waals surface area contributed by atoms with Crippen molar-refractivity contribution in [1.29, 1.82) is 0 Å². The van der Waals surface area contributed by atoms with Crippen LogP contribution in [0.3, 0.4) is 0 Å². The van der Waals surface area contributed by atoms with Gasteiger partial charge in [0.25, 0.3) is 0 Å². The molecule has 3 aromatic rings. The number of ether oxygens (including phenoxy) is 2. The van der Waals surface area contributed by atoms with E-state index in [0.29, 0.717) is 29.7 Å². The molecule has 0 spiro atoms. The van der Waals surface area contributed by atoms with Crippen LogP contribution in [0.2, 0.25) is 5.02 Å². The van der Waals surface area contributed by atoms with E-state index in [4.69, 9.17) is 21.1 Å². The van der Waals surface area contributed by atoms with Gasteiger partial charge in [-0.25, -0.2) is 4.68 Å². The van der Waals surface area contributed by atoms with Crippen molar-refractivity contribution in [3.8, 4) is 11.5 Å². The van der Waals surface area contributed by atoms with E-state index in [1.54, 1.807) is 24.4 Å². The zero-order valence-electron chi connectivity index (χ0n) is 13.4. The number of aromatic nitrogens is 3. The van der Waals surface area contributed by atoms with E-state index in [-0.39, 0.29) is 0 Å². The Kier molecular flexibility index (Phi) is 5.78. The van der Waals surface area contributed by atoms with E-state index in [2.05, 4.69) is 31.6 Å². The van der Waals surface area contributed by atoms with Crippen molar-refractivity contribution in [1.82, 2.24) is 14.9 Å². The summed E-state index contributed by atoms with van der Waals surface area (Å²) in [6, 6.07) is 11.5. The lowest BCUT2D eigenvalue weighted by molar-refractivity contribution is 0.282. The number of hydrogen-bond acceptors (Lipinski definition) is 5. The molecule has 0 radical (unpaired) electrons. The molecule has 1 heterocycles. The molecule has 0 unspecified atom stereocenters. The van der Waals surface area contributed by atoms with Gasteiger partial charge in [0, 0.05) is 5.02 Å². The van der Waals surface area contributed by atoms with Gasteiger partial charge in [0.05, 0.1) is 18.1 Å². The molecule has 0 amide bonds. The van der Waals surface area contributed by atoms with E-state index in [9.17, 15) is 0 Å². The molecule has 1 N–H and O–H groups in total. The monoisotopic (exact) mass is 422 g/mol. The first kappa shape index (κ1) is 17.6. The molecule has 1 aromatic heterocycles. The Bertz CT molecular complexity index is 825. The number of halogens is 2. The molecule has 6 nitrogen and oxygen atoms in total. The Morgan fingerprint density at radius 3 is 2.52 bits per heavy atom. The highest BCUT2D eigenvalue weighted by atomic mass is 79.9. The summed E-state index contributed by atoms with van der Waals surface area (Å²) in [4.78, 5) is 0. The quantitative estimate of drug-likeness (QED) is 0.622. The molecule has 130 valence electrons. The summed E-state index contributed by atoms with van der Waals surface area (Å²) in [5, 5.41) is 8.19. The fourth-order valence-electron chi connectivity index (χ4n) is 2.22. The molecule has 0 aliphatic carbocycles. The van der Waals surface area contributed by atoms with Crippen LogP contribution in [-0.2, 0) is 13.2 Å². The highest BCUT2D eigenvalue weighted by molar-refractivity contribution is 9.10. The van der Waals surface area contributed by atoms with Crippen molar-refractivity contribution in [2.75, 3.05) is 12.5 Å². The largest absolute Gasteiger partial charge is 0.493 e. The molecule has 0 aliphatic heterocycles. The minimum Gasteiger partial charge on any atom is -0.493 e. The maximum absolute atomic E-state index is 5.93. The van der Waals surface area contributed by atoms with E-state index in [1.165, 1.54) is 0 Å². The first-order chi connectivity index (χ1) is 12.2. The van der Waals surface area contributed by atoms with Gasteiger partial charge in [-0.05, 0) is 51.3 Å². The smallest absolute Gasteiger partial charge is 0.175 e. The van der Waals surface area contributed by atoms with Gasteiger partial charge in [0.1, 0.15) is 19.3 Å². The SMILES string of the molecule is COc1cc(CNn2cnnc2)cc(Br)c1OCc1ccc(Cl)cc1. The number of hydrogen-bond donors (Lipinski definition) is 1. The summed E-state index contributed by atoms with van der Waals surface area (Å²) < 4.78 is 13.9. The van der Waals surface area contributed by atoms with E-state index < -0.39 is 0 Å². The predicted molar refractivity (Wildman–Crippen MR) is 99.6 cm³/mol. The van der Waals surface area contributed by atoms with Crippen LogP contribution in [-0.4, -0.2) is 22.0 Å². The number of rotatable bonds is 7. The molecular weight excluding hydrogens is 408 g/mol. The lowest BCUT2D eigenvalue weighted by Crippen LogP contribution is -2.12. The Morgan fingerprint density at radius 2 is 1.84 bits per heavy atom. The molecule has 0 saturated heterocycles. The summed E-state index contributed by atoms with van der Waals surface area (Å²) in [7, 11) is 1.62. The number of nitrogens with zero attached hydrogens (tertiary/aromatic N) is 3. The second kappa shape index (κ2) is 8.22. The second-order valence-electron chi connectivity index (χ2n) is 5.23. The molecule has 3 rings (SSSR count). The lowest BCUT2D eigenvalue weighted by atomic mass is 10.2. The van der Waals surface area contributed by atoms with Crippen LogP contribution < -0.4 is 14.9 Å². The standard InChI is InChI=1S/C17H16BrClN4O2/c1-24-16-7-13(8-22-23-10-20-21-11-23)6-15(18)17(16)25-9-12-2-4-14(19)5-3-12/h2-7,10-11,22H,8-9H2,1H3. The highest BCUT2D eigenvalue weighted by Gasteiger charge is 2.12. The second-order valence-corrected chi connectivity index (χ2v) is 6.52. The van der Waals surface area contributed by atoms with Crippen molar-refractivity contribution in [3.05, 3.63) is 69.7 Å². The van der Waals surface area contributed by atoms with Gasteiger partial charge in [-0.1, -0.05) is 23.7 Å². The Hall–Kier alpha value is -2.25. The van der Waals surface area contributed by atoms with Crippen LogP contribution in [0.4, 0.5) is 0 Å². The summed E-state index contributed by atoms with van der Waals surface area (Å²) in [5.74, 6) is 1.31. The molecule has 8 heteroatoms. The van der Waals surface area contributed by atoms with Gasteiger partial charge in [-0.2, -0.15) is 0 Å². The average molecular weight is 424 g/mol. The predicted octanol–water partition coefficient (Wildman–Crippen LogP) is 4.03. The van der Waals surface area contributed by atoms with Crippen molar-refractivity contribution in [2.24, 2.45) is 0 Å². The Morgan fingerprint density at radius 1 is 1.12 bits per heavy atom. The molecule has 0 atom stereocenters. The number of methoxy groups -OCH3 is 1. The van der Waals surface area contributed by atoms with Gasteiger partial charge < -0.3 is 14.9 Å². The third-order valence-corrected chi connectivity index (χ3v) is 4.31. The van der Waals surface area contributed by atoms with Gasteiger partial charge in [0.15, 0.2) is 11.5 Å². The average Bonchev–Trinajstić information content (AvgIpc) is 3.13. The van der Waals surface area contributed by atoms with Gasteiger partial charge in [-0.3, -0.25) is 0 Å². The molecular formula is C17H16BrClN4O2. The van der Waals surface area contributed by atoms with Crippen LogP contribution in [0.15, 0.2) is 53.5 Å². The minimum absolute atomic E-state index is 0.421. The van der Waals surface area contributed by atoms with Crippen LogP contribution in [0.25, 0.3) is 0 Å². The Balaban J connectivity index is 1.71. The summed E-state index contributed by atoms with van der Waals surface area (Å²) in [5.41, 5.74) is 5.21. The summed E-state index contributed by atoms with van der Waals surface area (Å²) in [6.45, 7) is 1.01. The third-order valence-electron chi connectivity index (χ3n) is 3.47. The molecule has 0 aliphatic rings. The van der Waals surface area contributed by atoms with Gasteiger partial charge in [0.2, 0.25) is 0 Å². The van der Waals surface area contributed by atoms with E-state index >= 15 is 0 Å². The summed E-state index contributed by atoms with van der Waals surface area (Å²) >= 11 is 9.46. The van der Waals surface area contributed by atoms with Crippen molar-refractivity contribution < 1.29 is 9.47 Å². The zero-order chi connectivity index (χ0) is 17.6. The fraction of sp³-hybridized carbons (Fsp3) is 0.176. The first-order valence-corrected chi connectivity index (χ1v) is 8.65. The number of benzene rings is 2. The van der Waals surface area contributed by atoms with E-state index in [1.807, 2.05) is 36.4 Å². The van der Waals surface area contributed by atoms with Crippen molar-refractivity contribution in [2.45, 2.75) is 13.2 Å². The number of nitrogens with one attached hydrogen (secondary N) is 1. The van der Waals surface area contributed by atoms with Gasteiger partial charge in [-0.15, -0.1) is 10.2 Å². The molecule has 25 heavy (non-hydrogen) atoms. The molecule has 0 saturated carbocycles. The molecule has 2 aromatic carbocycles. The maximum Gasteiger partial charge on any atom is 0.175 e. The van der Waals surface area contributed by atoms with Gasteiger partial charge >= 0.3 is 0 Å². The van der Waals surface area contributed by atoms with Crippen LogP contribution in [0, 0.1) is 0 Å². The minimum atomic E-state index is 0.421. The van der Waals surface area contributed by atoms with Crippen LogP contribution >= 0.6 is 27.5 Å². The van der Waals surface area contributed by atoms with Crippen molar-refractivity contribution in [3.63, 3.8) is 0 Å². The maximum atomic E-state index is 5.93. The first-order valence-electron chi connectivity index (χ1n) is 7.48.